The molecule has 1 N–H and O–H groups in total. The predicted octanol–water partition coefficient (Wildman–Crippen LogP) is 6.02. The van der Waals surface area contributed by atoms with Crippen LogP contribution in [-0.4, -0.2) is 22.4 Å². The fourth-order valence-corrected chi connectivity index (χ4v) is 6.23. The van der Waals surface area contributed by atoms with Crippen LogP contribution in [0.4, 0.5) is 0 Å². The van der Waals surface area contributed by atoms with E-state index in [0.29, 0.717) is 16.8 Å². The summed E-state index contributed by atoms with van der Waals surface area (Å²) in [5.74, 6) is 3.16. The van der Waals surface area contributed by atoms with Gasteiger partial charge >= 0.3 is 0 Å². The smallest absolute Gasteiger partial charge is 0.251 e. The van der Waals surface area contributed by atoms with E-state index in [9.17, 15) is 4.79 Å². The van der Waals surface area contributed by atoms with Crippen LogP contribution in [0.1, 0.15) is 51.0 Å². The second kappa shape index (κ2) is 10.7. The molecular formula is C25H26N2O2S2. The molecule has 6 heteroatoms. The van der Waals surface area contributed by atoms with Crippen LogP contribution in [-0.2, 0) is 6.61 Å². The highest BCUT2D eigenvalue weighted by Gasteiger charge is 2.17. The zero-order chi connectivity index (χ0) is 21.5. The zero-order valence-corrected chi connectivity index (χ0v) is 19.1. The second-order valence-corrected chi connectivity index (χ2v) is 10.2. The minimum absolute atomic E-state index is 0.0556. The lowest BCUT2D eigenvalue weighted by Gasteiger charge is -2.21. The summed E-state index contributed by atoms with van der Waals surface area (Å²) in [7, 11) is 0. The summed E-state index contributed by atoms with van der Waals surface area (Å²) >= 11 is 3.98. The standard InChI is InChI=1S/C25H26N2O2S2/c1-18(20-9-11-23(12-10-20)29-17-19-4-2-13-26-16-19)27-24(28)21-5-7-22(8-6-21)25-30-14-3-15-31-25/h2,4-13,16,18,25H,3,14-15,17H2,1H3,(H,27,28). The molecule has 31 heavy (non-hydrogen) atoms. The molecule has 4 nitrogen and oxygen atoms in total. The minimum atomic E-state index is -0.0935. The van der Waals surface area contributed by atoms with Gasteiger partial charge in [-0.1, -0.05) is 30.3 Å². The number of carbonyl (C=O) groups is 1. The van der Waals surface area contributed by atoms with E-state index in [1.165, 1.54) is 23.5 Å². The SMILES string of the molecule is CC(NC(=O)c1ccc(C2SCCCS2)cc1)c1ccc(OCc2cccnc2)cc1. The Bertz CT molecular complexity index is 973. The van der Waals surface area contributed by atoms with Gasteiger partial charge in [0.25, 0.3) is 5.91 Å². The molecule has 1 aliphatic rings. The third-order valence-corrected chi connectivity index (χ3v) is 8.14. The largest absolute Gasteiger partial charge is 0.489 e. The monoisotopic (exact) mass is 450 g/mol. The molecule has 2 heterocycles. The van der Waals surface area contributed by atoms with Gasteiger partial charge in [-0.25, -0.2) is 0 Å². The van der Waals surface area contributed by atoms with E-state index in [2.05, 4.69) is 22.4 Å². The first-order chi connectivity index (χ1) is 15.2. The van der Waals surface area contributed by atoms with Crippen molar-refractivity contribution in [1.82, 2.24) is 10.3 Å². The maximum absolute atomic E-state index is 12.7. The summed E-state index contributed by atoms with van der Waals surface area (Å²) in [5.41, 5.74) is 4.05. The third kappa shape index (κ3) is 6.05. The maximum Gasteiger partial charge on any atom is 0.251 e. The molecule has 2 aromatic carbocycles. The van der Waals surface area contributed by atoms with Crippen LogP contribution in [0.2, 0.25) is 0 Å². The minimum Gasteiger partial charge on any atom is -0.489 e. The molecule has 0 bridgehead atoms. The van der Waals surface area contributed by atoms with Gasteiger partial charge in [0.2, 0.25) is 0 Å². The van der Waals surface area contributed by atoms with Crippen molar-refractivity contribution in [1.29, 1.82) is 0 Å². The van der Waals surface area contributed by atoms with E-state index >= 15 is 0 Å². The first-order valence-corrected chi connectivity index (χ1v) is 12.5. The Kier molecular flexibility index (Phi) is 7.54. The van der Waals surface area contributed by atoms with Crippen molar-refractivity contribution >= 4 is 29.4 Å². The first kappa shape index (κ1) is 21.8. The molecule has 1 aliphatic heterocycles. The normalized spacial score (nSPS) is 15.3. The highest BCUT2D eigenvalue weighted by molar-refractivity contribution is 8.16. The lowest BCUT2D eigenvalue weighted by Crippen LogP contribution is -2.26. The number of hydrogen-bond donors (Lipinski definition) is 1. The summed E-state index contributed by atoms with van der Waals surface area (Å²) in [6, 6.07) is 19.7. The molecule has 1 saturated heterocycles. The lowest BCUT2D eigenvalue weighted by atomic mass is 10.1. The molecule has 1 fully saturated rings. The summed E-state index contributed by atoms with van der Waals surface area (Å²) < 4.78 is 6.30. The van der Waals surface area contributed by atoms with Crippen molar-refractivity contribution in [3.63, 3.8) is 0 Å². The van der Waals surface area contributed by atoms with E-state index in [0.717, 1.165) is 16.9 Å². The number of thioether (sulfide) groups is 2. The van der Waals surface area contributed by atoms with Gasteiger partial charge in [-0.05, 0) is 66.3 Å². The van der Waals surface area contributed by atoms with E-state index in [4.69, 9.17) is 4.74 Å². The van der Waals surface area contributed by atoms with Crippen molar-refractivity contribution < 1.29 is 9.53 Å². The molecule has 1 aromatic heterocycles. The van der Waals surface area contributed by atoms with Crippen molar-refractivity contribution in [2.45, 2.75) is 30.6 Å². The number of nitrogens with one attached hydrogen (secondary N) is 1. The Balaban J connectivity index is 1.31. The van der Waals surface area contributed by atoms with Gasteiger partial charge in [0.1, 0.15) is 12.4 Å². The predicted molar refractivity (Wildman–Crippen MR) is 130 cm³/mol. The maximum atomic E-state index is 12.7. The molecule has 0 saturated carbocycles. The number of aromatic nitrogens is 1. The van der Waals surface area contributed by atoms with Gasteiger partial charge in [0, 0.05) is 23.5 Å². The van der Waals surface area contributed by atoms with Crippen LogP contribution in [0.25, 0.3) is 0 Å². The first-order valence-electron chi connectivity index (χ1n) is 10.4. The van der Waals surface area contributed by atoms with Gasteiger partial charge < -0.3 is 10.1 Å². The van der Waals surface area contributed by atoms with Crippen LogP contribution < -0.4 is 10.1 Å². The van der Waals surface area contributed by atoms with Crippen LogP contribution in [0, 0.1) is 0 Å². The highest BCUT2D eigenvalue weighted by Crippen LogP contribution is 2.43. The lowest BCUT2D eigenvalue weighted by molar-refractivity contribution is 0.0940. The molecule has 4 rings (SSSR count). The van der Waals surface area contributed by atoms with Crippen LogP contribution in [0.5, 0.6) is 5.75 Å². The molecule has 3 aromatic rings. The molecule has 1 unspecified atom stereocenters. The van der Waals surface area contributed by atoms with Crippen LogP contribution >= 0.6 is 23.5 Å². The molecule has 0 spiro atoms. The van der Waals surface area contributed by atoms with E-state index in [-0.39, 0.29) is 11.9 Å². The second-order valence-electron chi connectivity index (χ2n) is 7.46. The Hall–Kier alpha value is -2.44. The number of amides is 1. The van der Waals surface area contributed by atoms with Crippen molar-refractivity contribution in [2.75, 3.05) is 11.5 Å². The average Bonchev–Trinajstić information content (AvgIpc) is 2.84. The summed E-state index contributed by atoms with van der Waals surface area (Å²) in [6.07, 6.45) is 4.82. The number of rotatable bonds is 7. The summed E-state index contributed by atoms with van der Waals surface area (Å²) in [6.45, 7) is 2.47. The quantitative estimate of drug-likeness (QED) is 0.477. The fraction of sp³-hybridized carbons (Fsp3) is 0.280. The molecule has 0 aliphatic carbocycles. The molecule has 160 valence electrons. The molecule has 1 atom stereocenters. The molecular weight excluding hydrogens is 424 g/mol. The molecule has 0 radical (unpaired) electrons. The average molecular weight is 451 g/mol. The third-order valence-electron chi connectivity index (χ3n) is 5.13. The van der Waals surface area contributed by atoms with Gasteiger partial charge in [0.15, 0.2) is 0 Å². The zero-order valence-electron chi connectivity index (χ0n) is 17.5. The number of ether oxygens (including phenoxy) is 1. The van der Waals surface area contributed by atoms with Gasteiger partial charge in [-0.3, -0.25) is 9.78 Å². The van der Waals surface area contributed by atoms with E-state index in [1.807, 2.05) is 79.0 Å². The number of nitrogens with zero attached hydrogens (tertiary/aromatic N) is 1. The number of pyridine rings is 1. The summed E-state index contributed by atoms with van der Waals surface area (Å²) in [5, 5.41) is 3.09. The Morgan fingerprint density at radius 1 is 1.10 bits per heavy atom. The van der Waals surface area contributed by atoms with Crippen LogP contribution in [0.15, 0.2) is 73.1 Å². The number of benzene rings is 2. The van der Waals surface area contributed by atoms with Crippen molar-refractivity contribution in [2.24, 2.45) is 0 Å². The van der Waals surface area contributed by atoms with E-state index < -0.39 is 0 Å². The fourth-order valence-electron chi connectivity index (χ4n) is 3.34. The molecule has 1 amide bonds. The van der Waals surface area contributed by atoms with Crippen molar-refractivity contribution in [3.05, 3.63) is 95.3 Å². The van der Waals surface area contributed by atoms with Crippen LogP contribution in [0.3, 0.4) is 0 Å². The van der Waals surface area contributed by atoms with Crippen molar-refractivity contribution in [3.8, 4) is 5.75 Å². The Morgan fingerprint density at radius 3 is 2.52 bits per heavy atom. The van der Waals surface area contributed by atoms with Gasteiger partial charge in [0.05, 0.1) is 10.6 Å². The number of hydrogen-bond acceptors (Lipinski definition) is 5. The number of carbonyl (C=O) groups excluding carboxylic acids is 1. The van der Waals surface area contributed by atoms with E-state index in [1.54, 1.807) is 12.4 Å². The topological polar surface area (TPSA) is 51.2 Å². The summed E-state index contributed by atoms with van der Waals surface area (Å²) in [4.78, 5) is 16.8. The Labute approximate surface area is 192 Å². The highest BCUT2D eigenvalue weighted by atomic mass is 32.2. The van der Waals surface area contributed by atoms with Gasteiger partial charge in [-0.15, -0.1) is 23.5 Å². The Morgan fingerprint density at radius 2 is 1.84 bits per heavy atom. The van der Waals surface area contributed by atoms with Gasteiger partial charge in [-0.2, -0.15) is 0 Å².